The molecule has 0 heterocycles. The maximum absolute atomic E-state index is 10.1. The summed E-state index contributed by atoms with van der Waals surface area (Å²) >= 11 is 0. The van der Waals surface area contributed by atoms with Crippen molar-refractivity contribution < 1.29 is 9.85 Å². The van der Waals surface area contributed by atoms with Crippen LogP contribution in [0.2, 0.25) is 0 Å². The largest absolute Gasteiger partial charge is 0.287 e. The number of nitrogens with two attached hydrogens (primary N) is 1. The van der Waals surface area contributed by atoms with Gasteiger partial charge in [-0.05, 0) is 0 Å². The van der Waals surface area contributed by atoms with Crippen molar-refractivity contribution in [2.75, 3.05) is 0 Å². The molecule has 1 rings (SSSR count). The van der Waals surface area contributed by atoms with Crippen LogP contribution in [0.25, 0.3) is 0 Å². The maximum Gasteiger partial charge on any atom is 0.269 e. The van der Waals surface area contributed by atoms with Crippen molar-refractivity contribution in [1.82, 2.24) is 0 Å². The third kappa shape index (κ3) is 4.26. The van der Waals surface area contributed by atoms with Crippen LogP contribution in [0.15, 0.2) is 29.6 Å². The summed E-state index contributed by atoms with van der Waals surface area (Å²) in [5, 5.41) is 22.0. The van der Waals surface area contributed by atoms with Crippen molar-refractivity contribution in [2.24, 2.45) is 11.1 Å². The Hall–Kier alpha value is -2.58. The second kappa shape index (κ2) is 5.96. The molecule has 0 aliphatic rings. The summed E-state index contributed by atoms with van der Waals surface area (Å²) in [5.74, 6) is 3.92. The summed E-state index contributed by atoms with van der Waals surface area (Å²) in [5.41, 5.74) is -0.304. The minimum Gasteiger partial charge on any atom is -0.287 e. The second-order valence-corrected chi connectivity index (χ2v) is 2.14. The number of non-ortho nitro benzene ring substituents is 2. The van der Waals surface area contributed by atoms with Crippen LogP contribution in [0.1, 0.15) is 0 Å². The van der Waals surface area contributed by atoms with Crippen LogP contribution in [0.5, 0.6) is 0 Å². The van der Waals surface area contributed by atoms with Crippen molar-refractivity contribution >= 4 is 11.4 Å². The number of nitrogens with zero attached hydrogens (tertiary/aromatic N) is 3. The highest BCUT2D eigenvalue weighted by molar-refractivity contribution is 5.39. The lowest BCUT2D eigenvalue weighted by atomic mass is 10.3. The highest BCUT2D eigenvalue weighted by atomic mass is 16.6. The third-order valence-corrected chi connectivity index (χ3v) is 1.27. The fourth-order valence-electron chi connectivity index (χ4n) is 0.696. The fraction of sp³-hybridized carbons (Fsp3) is 0. The number of hydrogen-bond acceptors (Lipinski definition) is 6. The Labute approximate surface area is 82.7 Å². The zero-order valence-electron chi connectivity index (χ0n) is 7.27. The SMILES string of the molecule is NN=O.O=[N+]([O-])c1ccc([N+](=O)[O-])cc1. The first-order valence-electron chi connectivity index (χ1n) is 3.44. The molecular weight excluding hydrogens is 208 g/mol. The van der Waals surface area contributed by atoms with Gasteiger partial charge in [0.2, 0.25) is 0 Å². The molecule has 0 radical (unpaired) electrons. The molecule has 9 heteroatoms. The van der Waals surface area contributed by atoms with E-state index in [0.29, 0.717) is 0 Å². The minimum absolute atomic E-state index is 0.152. The van der Waals surface area contributed by atoms with Crippen LogP contribution in [0.3, 0.4) is 0 Å². The van der Waals surface area contributed by atoms with Crippen LogP contribution in [0.4, 0.5) is 11.4 Å². The van der Waals surface area contributed by atoms with Gasteiger partial charge in [-0.25, -0.2) is 0 Å². The maximum atomic E-state index is 10.1. The van der Waals surface area contributed by atoms with Crippen LogP contribution < -0.4 is 5.84 Å². The Morgan fingerprint density at radius 2 is 1.20 bits per heavy atom. The summed E-state index contributed by atoms with van der Waals surface area (Å²) in [4.78, 5) is 27.4. The molecule has 0 spiro atoms. The number of rotatable bonds is 2. The highest BCUT2D eigenvalue weighted by Crippen LogP contribution is 2.16. The van der Waals surface area contributed by atoms with E-state index in [1.165, 1.54) is 0 Å². The van der Waals surface area contributed by atoms with E-state index in [1.54, 1.807) is 5.29 Å². The van der Waals surface area contributed by atoms with Gasteiger partial charge in [-0.2, -0.15) is 0 Å². The molecule has 0 aliphatic carbocycles. The number of hydrogen-bond donors (Lipinski definition) is 1. The quantitative estimate of drug-likeness (QED) is 0.338. The first-order chi connectivity index (χ1) is 7.02. The van der Waals surface area contributed by atoms with Gasteiger partial charge in [0.05, 0.1) is 9.85 Å². The Kier molecular flexibility index (Phi) is 4.94. The zero-order valence-corrected chi connectivity index (χ0v) is 7.27. The van der Waals surface area contributed by atoms with Gasteiger partial charge in [0.1, 0.15) is 0 Å². The average molecular weight is 214 g/mol. The van der Waals surface area contributed by atoms with Crippen molar-refractivity contribution in [2.45, 2.75) is 0 Å². The van der Waals surface area contributed by atoms with E-state index in [1.807, 2.05) is 0 Å². The summed E-state index contributed by atoms with van der Waals surface area (Å²) < 4.78 is 0. The Morgan fingerprint density at radius 3 is 1.33 bits per heavy atom. The number of nitro groups is 2. The Bertz CT molecular complexity index is 329. The first kappa shape index (κ1) is 12.4. The molecule has 0 fully saturated rings. The van der Waals surface area contributed by atoms with Crippen molar-refractivity contribution in [3.8, 4) is 0 Å². The summed E-state index contributed by atoms with van der Waals surface area (Å²) in [6, 6.07) is 4.38. The molecule has 80 valence electrons. The lowest BCUT2D eigenvalue weighted by Gasteiger charge is -1.90. The molecule has 2 N–H and O–H groups in total. The topological polar surface area (TPSA) is 142 Å². The molecule has 0 amide bonds. The molecule has 0 saturated heterocycles. The number of nitro benzene ring substituents is 2. The van der Waals surface area contributed by atoms with Crippen LogP contribution in [0, 0.1) is 25.1 Å². The lowest BCUT2D eigenvalue weighted by molar-refractivity contribution is -0.389. The van der Waals surface area contributed by atoms with Crippen LogP contribution >= 0.6 is 0 Å². The summed E-state index contributed by atoms with van der Waals surface area (Å²) in [7, 11) is 0. The fourth-order valence-corrected chi connectivity index (χ4v) is 0.696. The van der Waals surface area contributed by atoms with Gasteiger partial charge in [0.15, 0.2) is 0 Å². The number of benzene rings is 1. The van der Waals surface area contributed by atoms with Gasteiger partial charge in [-0.15, -0.1) is 4.91 Å². The van der Waals surface area contributed by atoms with E-state index < -0.39 is 9.85 Å². The van der Waals surface area contributed by atoms with Gasteiger partial charge in [-0.3, -0.25) is 26.1 Å². The Balaban J connectivity index is 0.000000583. The molecule has 0 aromatic heterocycles. The van der Waals surface area contributed by atoms with E-state index in [0.717, 1.165) is 24.3 Å². The van der Waals surface area contributed by atoms with E-state index >= 15 is 0 Å². The average Bonchev–Trinajstić information content (AvgIpc) is 2.19. The van der Waals surface area contributed by atoms with Crippen LogP contribution in [-0.2, 0) is 0 Å². The van der Waals surface area contributed by atoms with Gasteiger partial charge in [0, 0.05) is 29.6 Å². The lowest BCUT2D eigenvalue weighted by Crippen LogP contribution is -1.90. The van der Waals surface area contributed by atoms with E-state index in [4.69, 9.17) is 4.91 Å². The molecule has 15 heavy (non-hydrogen) atoms. The third-order valence-electron chi connectivity index (χ3n) is 1.27. The van der Waals surface area contributed by atoms with Crippen LogP contribution in [-0.4, -0.2) is 9.85 Å². The molecule has 1 aromatic rings. The Morgan fingerprint density at radius 1 is 1.00 bits per heavy atom. The van der Waals surface area contributed by atoms with Crippen molar-refractivity contribution in [3.05, 3.63) is 49.4 Å². The van der Waals surface area contributed by atoms with Gasteiger partial charge in [0.25, 0.3) is 11.4 Å². The molecule has 9 nitrogen and oxygen atoms in total. The number of nitroso groups, excluding NO2 is 1. The van der Waals surface area contributed by atoms with Gasteiger partial charge < -0.3 is 0 Å². The van der Waals surface area contributed by atoms with E-state index in [2.05, 4.69) is 5.84 Å². The van der Waals surface area contributed by atoms with Gasteiger partial charge >= 0.3 is 0 Å². The molecule has 1 aromatic carbocycles. The standard InChI is InChI=1S/C6H4N2O4.H2N2O/c9-7(10)5-1-2-6(4-3-5)8(11)12;1-2-3/h1-4H;(H2,1,3). The molecule has 0 atom stereocenters. The molecular formula is C6H6N4O5. The monoisotopic (exact) mass is 214 g/mol. The minimum atomic E-state index is -0.607. The van der Waals surface area contributed by atoms with E-state index in [9.17, 15) is 20.2 Å². The van der Waals surface area contributed by atoms with Crippen molar-refractivity contribution in [3.63, 3.8) is 0 Å². The smallest absolute Gasteiger partial charge is 0.269 e. The van der Waals surface area contributed by atoms with E-state index in [-0.39, 0.29) is 11.4 Å². The normalized spacial score (nSPS) is 8.27. The zero-order chi connectivity index (χ0) is 11.8. The predicted octanol–water partition coefficient (Wildman–Crippen LogP) is 1.13. The molecule has 0 saturated carbocycles. The van der Waals surface area contributed by atoms with Crippen molar-refractivity contribution in [1.29, 1.82) is 0 Å². The molecule has 0 bridgehead atoms. The predicted molar refractivity (Wildman–Crippen MR) is 49.7 cm³/mol. The summed E-state index contributed by atoms with van der Waals surface area (Å²) in [6.07, 6.45) is 0. The highest BCUT2D eigenvalue weighted by Gasteiger charge is 2.08. The summed E-state index contributed by atoms with van der Waals surface area (Å²) in [6.45, 7) is 0. The second-order valence-electron chi connectivity index (χ2n) is 2.14. The van der Waals surface area contributed by atoms with Gasteiger partial charge in [-0.1, -0.05) is 0 Å². The molecule has 0 aliphatic heterocycles. The first-order valence-corrected chi connectivity index (χ1v) is 3.44. The molecule has 0 unspecified atom stereocenters.